The molecule has 1 aromatic carbocycles. The summed E-state index contributed by atoms with van der Waals surface area (Å²) in [5.74, 6) is 0.703. The Bertz CT molecular complexity index is 239. The second kappa shape index (κ2) is 4.87. The second-order valence-electron chi connectivity index (χ2n) is 3.77. The van der Waals surface area contributed by atoms with Crippen molar-refractivity contribution in [1.29, 1.82) is 0 Å². The first kappa shape index (κ1) is 10.1. The maximum atomic E-state index is 5.58. The van der Waals surface area contributed by atoms with Crippen molar-refractivity contribution >= 4 is 5.69 Å². The Labute approximate surface area is 80.1 Å². The molecular weight excluding hydrogens is 160 g/mol. The molecule has 0 bridgehead atoms. The topological polar surface area (TPSA) is 38.0 Å². The molecule has 0 spiro atoms. The van der Waals surface area contributed by atoms with Crippen LogP contribution in [0.5, 0.6) is 0 Å². The van der Waals surface area contributed by atoms with Crippen LogP contribution in [-0.2, 0) is 6.54 Å². The zero-order valence-corrected chi connectivity index (χ0v) is 8.38. The van der Waals surface area contributed by atoms with Gasteiger partial charge >= 0.3 is 0 Å². The average molecular weight is 178 g/mol. The SMILES string of the molecule is CC(C)CNCc1ccc(N)cc1. The quantitative estimate of drug-likeness (QED) is 0.692. The van der Waals surface area contributed by atoms with E-state index in [4.69, 9.17) is 5.73 Å². The first-order valence-electron chi connectivity index (χ1n) is 4.73. The number of anilines is 1. The summed E-state index contributed by atoms with van der Waals surface area (Å²) in [6.07, 6.45) is 0. The summed E-state index contributed by atoms with van der Waals surface area (Å²) in [5, 5.41) is 3.38. The van der Waals surface area contributed by atoms with Gasteiger partial charge in [-0.25, -0.2) is 0 Å². The zero-order chi connectivity index (χ0) is 9.68. The Morgan fingerprint density at radius 3 is 2.38 bits per heavy atom. The number of nitrogens with one attached hydrogen (secondary N) is 1. The predicted octanol–water partition coefficient (Wildman–Crippen LogP) is 2.01. The first-order valence-corrected chi connectivity index (χ1v) is 4.73. The zero-order valence-electron chi connectivity index (χ0n) is 8.38. The van der Waals surface area contributed by atoms with Crippen LogP contribution in [0.3, 0.4) is 0 Å². The van der Waals surface area contributed by atoms with Gasteiger partial charge in [-0.05, 0) is 30.2 Å². The molecule has 2 heteroatoms. The lowest BCUT2D eigenvalue weighted by Crippen LogP contribution is -2.18. The molecule has 1 aromatic rings. The van der Waals surface area contributed by atoms with Gasteiger partial charge < -0.3 is 11.1 Å². The van der Waals surface area contributed by atoms with Gasteiger partial charge in [-0.1, -0.05) is 26.0 Å². The minimum absolute atomic E-state index is 0.703. The van der Waals surface area contributed by atoms with Crippen molar-refractivity contribution in [3.8, 4) is 0 Å². The molecule has 0 fully saturated rings. The van der Waals surface area contributed by atoms with Gasteiger partial charge in [0.15, 0.2) is 0 Å². The van der Waals surface area contributed by atoms with Gasteiger partial charge in [0.25, 0.3) is 0 Å². The molecule has 0 amide bonds. The number of rotatable bonds is 4. The molecular formula is C11H18N2. The van der Waals surface area contributed by atoms with E-state index in [-0.39, 0.29) is 0 Å². The van der Waals surface area contributed by atoms with Gasteiger partial charge in [0.1, 0.15) is 0 Å². The van der Waals surface area contributed by atoms with Crippen LogP contribution in [0.2, 0.25) is 0 Å². The van der Waals surface area contributed by atoms with Crippen LogP contribution in [0.15, 0.2) is 24.3 Å². The van der Waals surface area contributed by atoms with Gasteiger partial charge in [-0.15, -0.1) is 0 Å². The smallest absolute Gasteiger partial charge is 0.0314 e. The molecule has 13 heavy (non-hydrogen) atoms. The monoisotopic (exact) mass is 178 g/mol. The van der Waals surface area contributed by atoms with E-state index in [0.717, 1.165) is 18.8 Å². The van der Waals surface area contributed by atoms with E-state index in [2.05, 4.69) is 31.3 Å². The molecule has 0 atom stereocenters. The Kier molecular flexibility index (Phi) is 3.77. The van der Waals surface area contributed by atoms with Crippen molar-refractivity contribution < 1.29 is 0 Å². The highest BCUT2D eigenvalue weighted by Gasteiger charge is 1.94. The summed E-state index contributed by atoms with van der Waals surface area (Å²) in [4.78, 5) is 0. The van der Waals surface area contributed by atoms with Crippen molar-refractivity contribution in [2.24, 2.45) is 5.92 Å². The maximum Gasteiger partial charge on any atom is 0.0314 e. The van der Waals surface area contributed by atoms with E-state index in [9.17, 15) is 0 Å². The van der Waals surface area contributed by atoms with Crippen LogP contribution in [0.4, 0.5) is 5.69 Å². The van der Waals surface area contributed by atoms with Crippen LogP contribution in [-0.4, -0.2) is 6.54 Å². The molecule has 2 nitrogen and oxygen atoms in total. The van der Waals surface area contributed by atoms with Crippen molar-refractivity contribution in [1.82, 2.24) is 5.32 Å². The molecule has 0 aromatic heterocycles. The van der Waals surface area contributed by atoms with Gasteiger partial charge in [0, 0.05) is 12.2 Å². The number of nitrogens with two attached hydrogens (primary N) is 1. The molecule has 0 saturated carbocycles. The van der Waals surface area contributed by atoms with E-state index in [1.54, 1.807) is 0 Å². The summed E-state index contributed by atoms with van der Waals surface area (Å²) >= 11 is 0. The van der Waals surface area contributed by atoms with E-state index in [0.29, 0.717) is 5.92 Å². The summed E-state index contributed by atoms with van der Waals surface area (Å²) in [6, 6.07) is 7.99. The minimum Gasteiger partial charge on any atom is -0.399 e. The molecule has 0 saturated heterocycles. The molecule has 0 aliphatic heterocycles. The van der Waals surface area contributed by atoms with E-state index in [1.165, 1.54) is 5.56 Å². The van der Waals surface area contributed by atoms with Crippen molar-refractivity contribution in [3.05, 3.63) is 29.8 Å². The highest BCUT2D eigenvalue weighted by Crippen LogP contribution is 2.04. The largest absolute Gasteiger partial charge is 0.399 e. The Morgan fingerprint density at radius 2 is 1.85 bits per heavy atom. The third-order valence-electron chi connectivity index (χ3n) is 1.86. The molecule has 72 valence electrons. The lowest BCUT2D eigenvalue weighted by Gasteiger charge is -2.07. The second-order valence-corrected chi connectivity index (χ2v) is 3.77. The van der Waals surface area contributed by atoms with Gasteiger partial charge in [-0.2, -0.15) is 0 Å². The summed E-state index contributed by atoms with van der Waals surface area (Å²) < 4.78 is 0. The molecule has 0 unspecified atom stereocenters. The number of hydrogen-bond acceptors (Lipinski definition) is 2. The standard InChI is InChI=1S/C11H18N2/c1-9(2)7-13-8-10-3-5-11(12)6-4-10/h3-6,9,13H,7-8,12H2,1-2H3. The highest BCUT2D eigenvalue weighted by molar-refractivity contribution is 5.39. The molecule has 0 heterocycles. The molecule has 0 radical (unpaired) electrons. The fraction of sp³-hybridized carbons (Fsp3) is 0.455. The molecule has 0 aliphatic rings. The van der Waals surface area contributed by atoms with Crippen molar-refractivity contribution in [2.75, 3.05) is 12.3 Å². The van der Waals surface area contributed by atoms with Crippen LogP contribution in [0, 0.1) is 5.92 Å². The van der Waals surface area contributed by atoms with Crippen LogP contribution in [0.1, 0.15) is 19.4 Å². The third-order valence-corrected chi connectivity index (χ3v) is 1.86. The predicted molar refractivity (Wildman–Crippen MR) is 57.4 cm³/mol. The van der Waals surface area contributed by atoms with Crippen LogP contribution < -0.4 is 11.1 Å². The first-order chi connectivity index (χ1) is 6.18. The number of hydrogen-bond donors (Lipinski definition) is 2. The Balaban J connectivity index is 2.33. The number of benzene rings is 1. The Hall–Kier alpha value is -1.02. The lowest BCUT2D eigenvalue weighted by molar-refractivity contribution is 0.552. The maximum absolute atomic E-state index is 5.58. The third kappa shape index (κ3) is 3.95. The van der Waals surface area contributed by atoms with Crippen LogP contribution >= 0.6 is 0 Å². The van der Waals surface area contributed by atoms with E-state index >= 15 is 0 Å². The Morgan fingerprint density at radius 1 is 1.23 bits per heavy atom. The fourth-order valence-corrected chi connectivity index (χ4v) is 1.14. The average Bonchev–Trinajstić information content (AvgIpc) is 2.08. The molecule has 1 rings (SSSR count). The van der Waals surface area contributed by atoms with E-state index in [1.807, 2.05) is 12.1 Å². The van der Waals surface area contributed by atoms with Gasteiger partial charge in [0.05, 0.1) is 0 Å². The van der Waals surface area contributed by atoms with Crippen LogP contribution in [0.25, 0.3) is 0 Å². The van der Waals surface area contributed by atoms with Gasteiger partial charge in [0.2, 0.25) is 0 Å². The summed E-state index contributed by atoms with van der Waals surface area (Å²) in [7, 11) is 0. The van der Waals surface area contributed by atoms with E-state index < -0.39 is 0 Å². The lowest BCUT2D eigenvalue weighted by atomic mass is 10.2. The van der Waals surface area contributed by atoms with Gasteiger partial charge in [-0.3, -0.25) is 0 Å². The molecule has 0 aliphatic carbocycles. The van der Waals surface area contributed by atoms with Crippen molar-refractivity contribution in [2.45, 2.75) is 20.4 Å². The normalized spacial score (nSPS) is 10.7. The summed E-state index contributed by atoms with van der Waals surface area (Å²) in [5.41, 5.74) is 7.70. The summed E-state index contributed by atoms with van der Waals surface area (Å²) in [6.45, 7) is 6.40. The fourth-order valence-electron chi connectivity index (χ4n) is 1.14. The highest BCUT2D eigenvalue weighted by atomic mass is 14.8. The van der Waals surface area contributed by atoms with Crippen molar-refractivity contribution in [3.63, 3.8) is 0 Å². The minimum atomic E-state index is 0.703. The molecule has 3 N–H and O–H groups in total. The number of nitrogen functional groups attached to an aromatic ring is 1.